The van der Waals surface area contributed by atoms with Crippen LogP contribution in [-0.4, -0.2) is 25.5 Å². The van der Waals surface area contributed by atoms with Gasteiger partial charge in [-0.15, -0.1) is 0 Å². The Morgan fingerprint density at radius 3 is 2.83 bits per heavy atom. The number of benzene rings is 1. The average Bonchev–Trinajstić information content (AvgIpc) is 2.32. The normalized spacial score (nSPS) is 12.4. The fraction of sp³-hybridized carbons (Fsp3) is 0.500. The van der Waals surface area contributed by atoms with E-state index in [1.54, 1.807) is 20.1 Å². The highest BCUT2D eigenvalue weighted by molar-refractivity contribution is 5.86. The second-order valence-corrected chi connectivity index (χ2v) is 4.46. The average molecular weight is 253 g/mol. The molecule has 0 aliphatic heterocycles. The maximum Gasteiger partial charge on any atom is 0.153 e. The monoisotopic (exact) mass is 253 g/mol. The molecule has 0 fully saturated rings. The Morgan fingerprint density at radius 2 is 2.22 bits per heavy atom. The van der Waals surface area contributed by atoms with Gasteiger partial charge in [0.1, 0.15) is 5.82 Å². The minimum absolute atomic E-state index is 0.0131. The van der Waals surface area contributed by atoms with Gasteiger partial charge in [0.15, 0.2) is 5.78 Å². The quantitative estimate of drug-likeness (QED) is 0.756. The van der Waals surface area contributed by atoms with Crippen LogP contribution in [0.5, 0.6) is 0 Å². The van der Waals surface area contributed by atoms with E-state index in [0.717, 1.165) is 17.5 Å². The summed E-state index contributed by atoms with van der Waals surface area (Å²) in [5.41, 5.74) is 7.43. The van der Waals surface area contributed by atoms with Crippen molar-refractivity contribution in [2.45, 2.75) is 32.2 Å². The number of aryl methyl sites for hydroxylation is 1. The summed E-state index contributed by atoms with van der Waals surface area (Å²) in [4.78, 5) is 11.9. The maximum absolute atomic E-state index is 12.9. The molecule has 2 N–H and O–H groups in total. The summed E-state index contributed by atoms with van der Waals surface area (Å²) in [6, 6.07) is 3.97. The van der Waals surface area contributed by atoms with Crippen LogP contribution >= 0.6 is 0 Å². The smallest absolute Gasteiger partial charge is 0.153 e. The Labute approximate surface area is 107 Å². The van der Waals surface area contributed by atoms with Crippen LogP contribution in [0.15, 0.2) is 18.2 Å². The van der Waals surface area contributed by atoms with Crippen LogP contribution in [0.1, 0.15) is 24.0 Å². The number of methoxy groups -OCH3 is 1. The molecule has 0 aliphatic carbocycles. The largest absolute Gasteiger partial charge is 0.385 e. The van der Waals surface area contributed by atoms with E-state index >= 15 is 0 Å². The zero-order chi connectivity index (χ0) is 13.5. The number of Topliss-reactive ketones (excluding diaryl/α,β-unsaturated/α-hetero) is 1. The van der Waals surface area contributed by atoms with Crippen LogP contribution in [-0.2, 0) is 16.0 Å². The first-order valence-electron chi connectivity index (χ1n) is 6.07. The predicted molar refractivity (Wildman–Crippen MR) is 68.9 cm³/mol. The molecular formula is C14H20FNO2. The molecule has 0 aliphatic rings. The molecule has 1 atom stereocenters. The molecule has 1 rings (SSSR count). The molecule has 1 aromatic carbocycles. The first kappa shape index (κ1) is 14.8. The summed E-state index contributed by atoms with van der Waals surface area (Å²) in [5.74, 6) is -0.297. The molecule has 0 radical (unpaired) electrons. The second kappa shape index (κ2) is 7.24. The fourth-order valence-electron chi connectivity index (χ4n) is 1.79. The van der Waals surface area contributed by atoms with Gasteiger partial charge in [0.2, 0.25) is 0 Å². The molecule has 100 valence electrons. The van der Waals surface area contributed by atoms with Crippen LogP contribution in [0, 0.1) is 12.7 Å². The zero-order valence-electron chi connectivity index (χ0n) is 10.9. The second-order valence-electron chi connectivity index (χ2n) is 4.46. The van der Waals surface area contributed by atoms with E-state index in [1.807, 2.05) is 0 Å². The van der Waals surface area contributed by atoms with Crippen molar-refractivity contribution >= 4 is 5.78 Å². The lowest BCUT2D eigenvalue weighted by atomic mass is 9.98. The summed E-state index contributed by atoms with van der Waals surface area (Å²) < 4.78 is 17.8. The van der Waals surface area contributed by atoms with Crippen molar-refractivity contribution in [2.24, 2.45) is 5.73 Å². The predicted octanol–water partition coefficient (Wildman–Crippen LogP) is 2.00. The van der Waals surface area contributed by atoms with Crippen molar-refractivity contribution in [1.29, 1.82) is 0 Å². The first-order valence-corrected chi connectivity index (χ1v) is 6.07. The third-order valence-electron chi connectivity index (χ3n) is 2.95. The van der Waals surface area contributed by atoms with Crippen LogP contribution in [0.3, 0.4) is 0 Å². The SMILES string of the molecule is COCCCC(N)C(=O)Cc1ccc(F)cc1C. The highest BCUT2D eigenvalue weighted by Gasteiger charge is 2.14. The molecule has 3 nitrogen and oxygen atoms in total. The van der Waals surface area contributed by atoms with Gasteiger partial charge in [-0.2, -0.15) is 0 Å². The van der Waals surface area contributed by atoms with E-state index in [1.165, 1.54) is 12.1 Å². The van der Waals surface area contributed by atoms with Crippen molar-refractivity contribution in [2.75, 3.05) is 13.7 Å². The lowest BCUT2D eigenvalue weighted by molar-refractivity contribution is -0.119. The first-order chi connectivity index (χ1) is 8.54. The van der Waals surface area contributed by atoms with Gasteiger partial charge in [0.05, 0.1) is 6.04 Å². The third-order valence-corrected chi connectivity index (χ3v) is 2.95. The van der Waals surface area contributed by atoms with E-state index in [2.05, 4.69) is 0 Å². The lowest BCUT2D eigenvalue weighted by Gasteiger charge is -2.11. The molecule has 0 amide bonds. The van der Waals surface area contributed by atoms with Gasteiger partial charge in [0, 0.05) is 20.1 Å². The van der Waals surface area contributed by atoms with Crippen molar-refractivity contribution in [3.05, 3.63) is 35.1 Å². The number of halogens is 1. The molecule has 1 aromatic rings. The van der Waals surface area contributed by atoms with Crippen molar-refractivity contribution in [3.8, 4) is 0 Å². The molecule has 0 saturated carbocycles. The van der Waals surface area contributed by atoms with Gasteiger partial charge in [-0.1, -0.05) is 6.07 Å². The Balaban J connectivity index is 2.53. The van der Waals surface area contributed by atoms with Gasteiger partial charge >= 0.3 is 0 Å². The Bertz CT molecular complexity index is 407. The van der Waals surface area contributed by atoms with Crippen molar-refractivity contribution in [3.63, 3.8) is 0 Å². The maximum atomic E-state index is 12.9. The number of nitrogens with two attached hydrogens (primary N) is 1. The van der Waals surface area contributed by atoms with E-state index in [0.29, 0.717) is 13.0 Å². The minimum atomic E-state index is -0.468. The molecule has 0 saturated heterocycles. The van der Waals surface area contributed by atoms with Crippen molar-refractivity contribution < 1.29 is 13.9 Å². The van der Waals surface area contributed by atoms with E-state index in [9.17, 15) is 9.18 Å². The van der Waals surface area contributed by atoms with Crippen LogP contribution < -0.4 is 5.73 Å². The van der Waals surface area contributed by atoms with E-state index < -0.39 is 6.04 Å². The number of carbonyl (C=O) groups is 1. The van der Waals surface area contributed by atoms with Crippen molar-refractivity contribution in [1.82, 2.24) is 0 Å². The number of hydrogen-bond donors (Lipinski definition) is 1. The Hall–Kier alpha value is -1.26. The third kappa shape index (κ3) is 4.55. The van der Waals surface area contributed by atoms with Crippen LogP contribution in [0.25, 0.3) is 0 Å². The summed E-state index contributed by atoms with van der Waals surface area (Å²) in [6.07, 6.45) is 1.65. The van der Waals surface area contributed by atoms with Gasteiger partial charge < -0.3 is 10.5 Å². The molecule has 4 heteroatoms. The molecular weight excluding hydrogens is 233 g/mol. The number of ketones is 1. The topological polar surface area (TPSA) is 52.3 Å². The Morgan fingerprint density at radius 1 is 1.50 bits per heavy atom. The Kier molecular flexibility index (Phi) is 5.95. The number of ether oxygens (including phenoxy) is 1. The highest BCUT2D eigenvalue weighted by atomic mass is 19.1. The summed E-state index contributed by atoms with van der Waals surface area (Å²) in [6.45, 7) is 2.40. The minimum Gasteiger partial charge on any atom is -0.385 e. The van der Waals surface area contributed by atoms with Gasteiger partial charge in [-0.25, -0.2) is 4.39 Å². The number of hydrogen-bond acceptors (Lipinski definition) is 3. The van der Waals surface area contributed by atoms with Crippen LogP contribution in [0.2, 0.25) is 0 Å². The molecule has 0 spiro atoms. The summed E-state index contributed by atoms with van der Waals surface area (Å²) >= 11 is 0. The van der Waals surface area contributed by atoms with Crippen LogP contribution in [0.4, 0.5) is 4.39 Å². The van der Waals surface area contributed by atoms with Gasteiger partial charge in [0.25, 0.3) is 0 Å². The van der Waals surface area contributed by atoms with Gasteiger partial charge in [-0.3, -0.25) is 4.79 Å². The molecule has 0 aromatic heterocycles. The van der Waals surface area contributed by atoms with E-state index in [4.69, 9.17) is 10.5 Å². The number of rotatable bonds is 7. The standard InChI is InChI=1S/C14H20FNO2/c1-10-8-12(15)6-5-11(10)9-14(17)13(16)4-3-7-18-2/h5-6,8,13H,3-4,7,9,16H2,1-2H3. The highest BCUT2D eigenvalue weighted by Crippen LogP contribution is 2.12. The lowest BCUT2D eigenvalue weighted by Crippen LogP contribution is -2.32. The summed E-state index contributed by atoms with van der Waals surface area (Å²) in [5, 5.41) is 0. The van der Waals surface area contributed by atoms with Gasteiger partial charge in [-0.05, 0) is 43.0 Å². The molecule has 0 bridgehead atoms. The molecule has 0 heterocycles. The molecule has 18 heavy (non-hydrogen) atoms. The number of carbonyl (C=O) groups excluding carboxylic acids is 1. The van der Waals surface area contributed by atoms with E-state index in [-0.39, 0.29) is 18.0 Å². The zero-order valence-corrected chi connectivity index (χ0v) is 10.9. The summed E-state index contributed by atoms with van der Waals surface area (Å²) in [7, 11) is 1.62. The molecule has 1 unspecified atom stereocenters. The fourth-order valence-corrected chi connectivity index (χ4v) is 1.79.